The monoisotopic (exact) mass is 359 g/mol. The second-order valence-corrected chi connectivity index (χ2v) is 7.34. The number of carbonyl (C=O) groups is 1. The second kappa shape index (κ2) is 7.08. The minimum absolute atomic E-state index is 0.0218. The Kier molecular flexibility index (Phi) is 4.66. The van der Waals surface area contributed by atoms with E-state index in [1.54, 1.807) is 0 Å². The fourth-order valence-electron chi connectivity index (χ4n) is 3.75. The first-order valence-electron chi connectivity index (χ1n) is 8.99. The highest BCUT2D eigenvalue weighted by Gasteiger charge is 2.28. The Morgan fingerprint density at radius 3 is 2.72 bits per heavy atom. The summed E-state index contributed by atoms with van der Waals surface area (Å²) in [6, 6.07) is 7.91. The number of aromatic nitrogens is 1. The highest BCUT2D eigenvalue weighted by molar-refractivity contribution is 6.30. The van der Waals surface area contributed by atoms with Gasteiger partial charge in [-0.25, -0.2) is 4.79 Å². The van der Waals surface area contributed by atoms with Gasteiger partial charge in [-0.2, -0.15) is 0 Å². The van der Waals surface area contributed by atoms with E-state index in [1.807, 2.05) is 29.2 Å². The topological polar surface area (TPSA) is 58.4 Å². The van der Waals surface area contributed by atoms with E-state index in [-0.39, 0.29) is 6.03 Å². The summed E-state index contributed by atoms with van der Waals surface area (Å²) in [6.07, 6.45) is 6.65. The molecular formula is C19H22ClN3O2. The zero-order valence-corrected chi connectivity index (χ0v) is 14.9. The molecule has 2 aromatic rings. The van der Waals surface area contributed by atoms with Gasteiger partial charge in [-0.3, -0.25) is 0 Å². The van der Waals surface area contributed by atoms with Gasteiger partial charge in [0.15, 0.2) is 5.76 Å². The number of hydrogen-bond acceptors (Lipinski definition) is 3. The molecule has 1 aliphatic heterocycles. The number of urea groups is 1. The normalized spacial score (nSPS) is 18.0. The molecule has 1 aliphatic carbocycles. The van der Waals surface area contributed by atoms with Crippen LogP contribution in [-0.2, 0) is 13.0 Å². The van der Waals surface area contributed by atoms with E-state index >= 15 is 0 Å². The van der Waals surface area contributed by atoms with Crippen LogP contribution in [0.25, 0.3) is 11.3 Å². The van der Waals surface area contributed by atoms with Crippen molar-refractivity contribution in [2.75, 3.05) is 6.54 Å². The van der Waals surface area contributed by atoms with Crippen LogP contribution in [0.15, 0.2) is 28.8 Å². The summed E-state index contributed by atoms with van der Waals surface area (Å²) in [6.45, 7) is 1.19. The van der Waals surface area contributed by atoms with Crippen molar-refractivity contribution in [3.8, 4) is 11.3 Å². The average Bonchev–Trinajstić information content (AvgIpc) is 3.06. The van der Waals surface area contributed by atoms with Gasteiger partial charge in [0.25, 0.3) is 0 Å². The number of fused-ring (bicyclic) bond motifs is 1. The van der Waals surface area contributed by atoms with E-state index in [0.29, 0.717) is 24.2 Å². The van der Waals surface area contributed by atoms with Gasteiger partial charge in [0.1, 0.15) is 5.69 Å². The van der Waals surface area contributed by atoms with Gasteiger partial charge < -0.3 is 14.7 Å². The molecule has 0 unspecified atom stereocenters. The smallest absolute Gasteiger partial charge is 0.317 e. The van der Waals surface area contributed by atoms with E-state index in [4.69, 9.17) is 16.1 Å². The van der Waals surface area contributed by atoms with Gasteiger partial charge in [0.05, 0.1) is 6.54 Å². The predicted molar refractivity (Wildman–Crippen MR) is 96.5 cm³/mol. The van der Waals surface area contributed by atoms with Gasteiger partial charge in [0, 0.05) is 28.7 Å². The molecule has 0 spiro atoms. The lowest BCUT2D eigenvalue weighted by atomic mass is 9.95. The average molecular weight is 360 g/mol. The van der Waals surface area contributed by atoms with Crippen LogP contribution in [0.1, 0.15) is 43.4 Å². The van der Waals surface area contributed by atoms with Crippen LogP contribution in [0, 0.1) is 0 Å². The van der Waals surface area contributed by atoms with Crippen LogP contribution < -0.4 is 5.32 Å². The maximum atomic E-state index is 12.5. The summed E-state index contributed by atoms with van der Waals surface area (Å²) in [5.41, 5.74) is 2.93. The van der Waals surface area contributed by atoms with Crippen molar-refractivity contribution in [2.45, 2.75) is 51.1 Å². The van der Waals surface area contributed by atoms with Gasteiger partial charge in [-0.05, 0) is 43.5 Å². The molecule has 25 heavy (non-hydrogen) atoms. The van der Waals surface area contributed by atoms with Crippen LogP contribution in [0.5, 0.6) is 0 Å². The summed E-state index contributed by atoms with van der Waals surface area (Å²) >= 11 is 5.95. The molecule has 2 heterocycles. The van der Waals surface area contributed by atoms with Crippen LogP contribution in [0.4, 0.5) is 4.79 Å². The van der Waals surface area contributed by atoms with E-state index in [2.05, 4.69) is 10.5 Å². The maximum absolute atomic E-state index is 12.5. The van der Waals surface area contributed by atoms with Crippen molar-refractivity contribution in [1.82, 2.24) is 15.4 Å². The molecule has 1 N–H and O–H groups in total. The Hall–Kier alpha value is -2.01. The van der Waals surface area contributed by atoms with Crippen molar-refractivity contribution < 1.29 is 9.32 Å². The number of benzene rings is 1. The molecule has 5 nitrogen and oxygen atoms in total. The van der Waals surface area contributed by atoms with Gasteiger partial charge >= 0.3 is 6.03 Å². The minimum Gasteiger partial charge on any atom is -0.356 e. The van der Waals surface area contributed by atoms with E-state index in [1.165, 1.54) is 19.3 Å². The Morgan fingerprint density at radius 2 is 1.96 bits per heavy atom. The molecule has 0 atom stereocenters. The number of amides is 2. The molecule has 0 bridgehead atoms. The van der Waals surface area contributed by atoms with Gasteiger partial charge in [0.2, 0.25) is 0 Å². The third kappa shape index (κ3) is 3.52. The third-order valence-electron chi connectivity index (χ3n) is 5.17. The molecule has 1 aromatic carbocycles. The standard InChI is InChI=1S/C19H22ClN3O2/c20-14-8-6-13(7-9-14)18-16-10-11-23(12-17(16)22-25-18)19(24)21-15-4-2-1-3-5-15/h6-9,15H,1-5,10-12H2,(H,21,24). The molecule has 0 radical (unpaired) electrons. The molecular weight excluding hydrogens is 338 g/mol. The minimum atomic E-state index is 0.0218. The highest BCUT2D eigenvalue weighted by Crippen LogP contribution is 2.31. The predicted octanol–water partition coefficient (Wildman–Crippen LogP) is 4.40. The van der Waals surface area contributed by atoms with Crippen molar-refractivity contribution in [3.05, 3.63) is 40.5 Å². The number of nitrogens with zero attached hydrogens (tertiary/aromatic N) is 2. The van der Waals surface area contributed by atoms with E-state index in [9.17, 15) is 4.79 Å². The molecule has 132 valence electrons. The SMILES string of the molecule is O=C(NC1CCCCC1)N1CCc2c(noc2-c2ccc(Cl)cc2)C1. The maximum Gasteiger partial charge on any atom is 0.317 e. The Bertz CT molecular complexity index is 751. The van der Waals surface area contributed by atoms with Gasteiger partial charge in [-0.1, -0.05) is 36.0 Å². The fraction of sp³-hybridized carbons (Fsp3) is 0.474. The molecule has 2 amide bonds. The highest BCUT2D eigenvalue weighted by atomic mass is 35.5. The summed E-state index contributed by atoms with van der Waals surface area (Å²) in [5, 5.41) is 8.08. The first-order valence-corrected chi connectivity index (χ1v) is 9.37. The van der Waals surface area contributed by atoms with Crippen molar-refractivity contribution >= 4 is 17.6 Å². The van der Waals surface area contributed by atoms with E-state index < -0.39 is 0 Å². The molecule has 0 saturated heterocycles. The number of carbonyl (C=O) groups excluding carboxylic acids is 1. The number of hydrogen-bond donors (Lipinski definition) is 1. The summed E-state index contributed by atoms with van der Waals surface area (Å²) in [7, 11) is 0. The zero-order chi connectivity index (χ0) is 17.2. The molecule has 1 saturated carbocycles. The Balaban J connectivity index is 1.45. The number of nitrogens with one attached hydrogen (secondary N) is 1. The van der Waals surface area contributed by atoms with Crippen LogP contribution >= 0.6 is 11.6 Å². The summed E-state index contributed by atoms with van der Waals surface area (Å²) in [5.74, 6) is 0.791. The molecule has 1 fully saturated rings. The first kappa shape index (κ1) is 16.5. The quantitative estimate of drug-likeness (QED) is 0.864. The zero-order valence-electron chi connectivity index (χ0n) is 14.1. The molecule has 1 aromatic heterocycles. The number of rotatable bonds is 2. The van der Waals surface area contributed by atoms with Crippen molar-refractivity contribution in [2.24, 2.45) is 0 Å². The molecule has 6 heteroatoms. The number of halogens is 1. The summed E-state index contributed by atoms with van der Waals surface area (Å²) in [4.78, 5) is 14.4. The van der Waals surface area contributed by atoms with E-state index in [0.717, 1.165) is 41.8 Å². The lowest BCUT2D eigenvalue weighted by Gasteiger charge is -2.30. The molecule has 4 rings (SSSR count). The van der Waals surface area contributed by atoms with Crippen LogP contribution in [0.2, 0.25) is 5.02 Å². The van der Waals surface area contributed by atoms with Crippen LogP contribution in [-0.4, -0.2) is 28.7 Å². The Labute approximate surface area is 152 Å². The fourth-order valence-corrected chi connectivity index (χ4v) is 3.87. The lowest BCUT2D eigenvalue weighted by Crippen LogP contribution is -2.47. The van der Waals surface area contributed by atoms with Gasteiger partial charge in [-0.15, -0.1) is 0 Å². The first-order chi connectivity index (χ1) is 12.2. The second-order valence-electron chi connectivity index (χ2n) is 6.90. The van der Waals surface area contributed by atoms with Crippen molar-refractivity contribution in [3.63, 3.8) is 0 Å². The largest absolute Gasteiger partial charge is 0.356 e. The summed E-state index contributed by atoms with van der Waals surface area (Å²) < 4.78 is 5.57. The Morgan fingerprint density at radius 1 is 1.20 bits per heavy atom. The lowest BCUT2D eigenvalue weighted by molar-refractivity contribution is 0.183. The third-order valence-corrected chi connectivity index (χ3v) is 5.42. The van der Waals surface area contributed by atoms with Crippen LogP contribution in [0.3, 0.4) is 0 Å². The van der Waals surface area contributed by atoms with Crippen molar-refractivity contribution in [1.29, 1.82) is 0 Å². The molecule has 2 aliphatic rings.